The molecule has 0 aliphatic heterocycles. The van der Waals surface area contributed by atoms with E-state index in [-0.39, 0.29) is 34.7 Å². The molecule has 1 amide bonds. The normalized spacial score (nSPS) is 10.8. The number of hydrogen-bond acceptors (Lipinski definition) is 9. The highest BCUT2D eigenvalue weighted by Gasteiger charge is 2.22. The lowest BCUT2D eigenvalue weighted by molar-refractivity contribution is -0.112. The molecule has 2 heterocycles. The third-order valence-corrected chi connectivity index (χ3v) is 6.68. The standard InChI is InChI=1S/C27H26Cl2N6O4/c1-13-6-5-7-16(14(2)25(30)37)23(13)34-27-32-12-15-10-17(33-26(24(15)35-27)31-8-9-36)20-21(28)18(38-3)11-19(39-4)22(20)29/h5-7,10-12,36H,2,8-9H2,1,3-4H3,(H2,30,37)(H,31,33)(H,32,34,35). The van der Waals surface area contributed by atoms with Gasteiger partial charge < -0.3 is 30.9 Å². The third kappa shape index (κ3) is 5.53. The Hall–Kier alpha value is -4.12. The summed E-state index contributed by atoms with van der Waals surface area (Å²) in [6, 6.07) is 8.75. The van der Waals surface area contributed by atoms with Crippen LogP contribution in [0.3, 0.4) is 0 Å². The van der Waals surface area contributed by atoms with Crippen molar-refractivity contribution in [2.45, 2.75) is 6.92 Å². The number of benzene rings is 2. The number of fused-ring (bicyclic) bond motifs is 1. The van der Waals surface area contributed by atoms with Crippen molar-refractivity contribution in [3.05, 3.63) is 64.3 Å². The van der Waals surface area contributed by atoms with Gasteiger partial charge in [0.15, 0.2) is 5.82 Å². The molecule has 0 atom stereocenters. The molecule has 12 heteroatoms. The number of amides is 1. The fourth-order valence-corrected chi connectivity index (χ4v) is 4.66. The Kier molecular flexibility index (Phi) is 8.39. The van der Waals surface area contributed by atoms with Crippen molar-refractivity contribution in [3.8, 4) is 22.8 Å². The zero-order chi connectivity index (χ0) is 28.3. The Morgan fingerprint density at radius 2 is 1.82 bits per heavy atom. The van der Waals surface area contributed by atoms with Gasteiger partial charge in [0.1, 0.15) is 17.0 Å². The van der Waals surface area contributed by atoms with Crippen LogP contribution < -0.4 is 25.8 Å². The first-order valence-electron chi connectivity index (χ1n) is 11.7. The molecule has 5 N–H and O–H groups in total. The van der Waals surface area contributed by atoms with E-state index in [0.717, 1.165) is 5.56 Å². The number of primary amides is 1. The van der Waals surface area contributed by atoms with Crippen LogP contribution in [-0.2, 0) is 4.79 Å². The fraction of sp³-hybridized carbons (Fsp3) is 0.185. The molecule has 4 rings (SSSR count). The molecule has 2 aromatic carbocycles. The molecule has 4 aromatic rings. The number of aryl methyl sites for hydroxylation is 1. The van der Waals surface area contributed by atoms with Gasteiger partial charge in [-0.1, -0.05) is 48.0 Å². The molecular weight excluding hydrogens is 543 g/mol. The van der Waals surface area contributed by atoms with Gasteiger partial charge in [-0.2, -0.15) is 0 Å². The van der Waals surface area contributed by atoms with Crippen molar-refractivity contribution >= 4 is 63.0 Å². The van der Waals surface area contributed by atoms with Crippen LogP contribution in [0.5, 0.6) is 11.5 Å². The van der Waals surface area contributed by atoms with E-state index in [1.165, 1.54) is 14.2 Å². The van der Waals surface area contributed by atoms with Crippen LogP contribution in [-0.4, -0.2) is 53.3 Å². The number of aromatic nitrogens is 3. The molecule has 0 radical (unpaired) electrons. The van der Waals surface area contributed by atoms with Gasteiger partial charge in [0, 0.05) is 40.9 Å². The number of nitrogens with zero attached hydrogens (tertiary/aromatic N) is 3. The van der Waals surface area contributed by atoms with Crippen LogP contribution in [0.2, 0.25) is 10.0 Å². The number of carbonyl (C=O) groups is 1. The molecule has 0 saturated heterocycles. The second-order valence-electron chi connectivity index (χ2n) is 8.39. The maximum absolute atomic E-state index is 11.8. The summed E-state index contributed by atoms with van der Waals surface area (Å²) in [4.78, 5) is 25.7. The van der Waals surface area contributed by atoms with Gasteiger partial charge in [-0.25, -0.2) is 15.0 Å². The van der Waals surface area contributed by atoms with Crippen LogP contribution in [0.15, 0.2) is 43.1 Å². The molecule has 2 aromatic heterocycles. The second-order valence-corrected chi connectivity index (χ2v) is 9.14. The number of nitrogens with one attached hydrogen (secondary N) is 2. The van der Waals surface area contributed by atoms with Crippen LogP contribution in [0.25, 0.3) is 27.7 Å². The summed E-state index contributed by atoms with van der Waals surface area (Å²) in [6.07, 6.45) is 1.61. The molecular formula is C27H26Cl2N6O4. The van der Waals surface area contributed by atoms with E-state index in [9.17, 15) is 9.90 Å². The first kappa shape index (κ1) is 27.9. The summed E-state index contributed by atoms with van der Waals surface area (Å²) in [5, 5.41) is 16.8. The Morgan fingerprint density at radius 1 is 1.13 bits per heavy atom. The number of para-hydroxylation sites is 1. The third-order valence-electron chi connectivity index (χ3n) is 5.93. The summed E-state index contributed by atoms with van der Waals surface area (Å²) in [5.74, 6) is 0.699. The lowest BCUT2D eigenvalue weighted by atomic mass is 10.0. The van der Waals surface area contributed by atoms with Crippen molar-refractivity contribution in [2.24, 2.45) is 5.73 Å². The molecule has 0 aliphatic carbocycles. The number of hydrogen-bond donors (Lipinski definition) is 4. The summed E-state index contributed by atoms with van der Waals surface area (Å²) in [7, 11) is 2.97. The van der Waals surface area contributed by atoms with Gasteiger partial charge in [0.25, 0.3) is 0 Å². The van der Waals surface area contributed by atoms with E-state index >= 15 is 0 Å². The smallest absolute Gasteiger partial charge is 0.248 e. The van der Waals surface area contributed by atoms with Crippen LogP contribution >= 0.6 is 23.2 Å². The predicted molar refractivity (Wildman–Crippen MR) is 154 cm³/mol. The Labute approximate surface area is 234 Å². The first-order valence-corrected chi connectivity index (χ1v) is 12.4. The minimum absolute atomic E-state index is 0.139. The predicted octanol–water partition coefficient (Wildman–Crippen LogP) is 4.97. The lowest BCUT2D eigenvalue weighted by Gasteiger charge is -2.17. The van der Waals surface area contributed by atoms with Crippen molar-refractivity contribution in [3.63, 3.8) is 0 Å². The Morgan fingerprint density at radius 3 is 2.44 bits per heavy atom. The number of anilines is 3. The number of nitrogens with two attached hydrogens (primary N) is 1. The second kappa shape index (κ2) is 11.7. The van der Waals surface area contributed by atoms with Crippen LogP contribution in [0.1, 0.15) is 11.1 Å². The van der Waals surface area contributed by atoms with E-state index in [0.29, 0.717) is 50.7 Å². The Bertz CT molecular complexity index is 1570. The molecule has 202 valence electrons. The fourth-order valence-electron chi connectivity index (χ4n) is 3.97. The zero-order valence-corrected chi connectivity index (χ0v) is 22.9. The van der Waals surface area contributed by atoms with Crippen LogP contribution in [0.4, 0.5) is 17.5 Å². The van der Waals surface area contributed by atoms with E-state index in [2.05, 4.69) is 27.2 Å². The number of ether oxygens (including phenoxy) is 2. The maximum atomic E-state index is 11.8. The highest BCUT2D eigenvalue weighted by atomic mass is 35.5. The highest BCUT2D eigenvalue weighted by molar-refractivity contribution is 6.41. The van der Waals surface area contributed by atoms with Gasteiger partial charge in [0.05, 0.1) is 42.3 Å². The number of halogens is 2. The summed E-state index contributed by atoms with van der Waals surface area (Å²) >= 11 is 13.3. The topological polar surface area (TPSA) is 145 Å². The lowest BCUT2D eigenvalue weighted by Crippen LogP contribution is -2.14. The summed E-state index contributed by atoms with van der Waals surface area (Å²) in [6.45, 7) is 5.75. The molecule has 0 unspecified atom stereocenters. The Balaban J connectivity index is 1.87. The molecule has 0 saturated carbocycles. The van der Waals surface area contributed by atoms with E-state index in [1.807, 2.05) is 13.0 Å². The van der Waals surface area contributed by atoms with Crippen molar-refractivity contribution in [1.82, 2.24) is 15.0 Å². The van der Waals surface area contributed by atoms with Gasteiger partial charge >= 0.3 is 0 Å². The minimum atomic E-state index is -0.637. The number of aliphatic hydroxyl groups excluding tert-OH is 1. The minimum Gasteiger partial charge on any atom is -0.495 e. The van der Waals surface area contributed by atoms with Gasteiger partial charge in [0.2, 0.25) is 11.9 Å². The number of methoxy groups -OCH3 is 2. The largest absolute Gasteiger partial charge is 0.495 e. The number of aliphatic hydroxyl groups is 1. The number of pyridine rings is 1. The summed E-state index contributed by atoms with van der Waals surface area (Å²) < 4.78 is 10.8. The molecule has 10 nitrogen and oxygen atoms in total. The first-order chi connectivity index (χ1) is 18.7. The quantitative estimate of drug-likeness (QED) is 0.195. The van der Waals surface area contributed by atoms with Gasteiger partial charge in [-0.15, -0.1) is 0 Å². The van der Waals surface area contributed by atoms with E-state index < -0.39 is 5.91 Å². The monoisotopic (exact) mass is 568 g/mol. The number of carbonyl (C=O) groups excluding carboxylic acids is 1. The molecule has 0 spiro atoms. The molecule has 39 heavy (non-hydrogen) atoms. The van der Waals surface area contributed by atoms with Gasteiger partial charge in [-0.3, -0.25) is 4.79 Å². The van der Waals surface area contributed by atoms with E-state index in [4.69, 9.17) is 43.4 Å². The zero-order valence-electron chi connectivity index (χ0n) is 21.4. The molecule has 0 aliphatic rings. The SMILES string of the molecule is C=C(C(N)=O)c1cccc(C)c1Nc1ncc2cc(-c3c(Cl)c(OC)cc(OC)c3Cl)nc(NCCO)c2n1. The number of rotatable bonds is 10. The van der Waals surface area contributed by atoms with E-state index in [1.54, 1.807) is 30.5 Å². The van der Waals surface area contributed by atoms with Crippen molar-refractivity contribution in [1.29, 1.82) is 0 Å². The summed E-state index contributed by atoms with van der Waals surface area (Å²) in [5.41, 5.74) is 8.88. The highest BCUT2D eigenvalue weighted by Crippen LogP contribution is 2.46. The van der Waals surface area contributed by atoms with Crippen LogP contribution in [0, 0.1) is 6.92 Å². The molecule has 0 bridgehead atoms. The van der Waals surface area contributed by atoms with Gasteiger partial charge in [-0.05, 0) is 18.6 Å². The maximum Gasteiger partial charge on any atom is 0.248 e. The average Bonchev–Trinajstić information content (AvgIpc) is 2.92. The molecule has 0 fully saturated rings. The average molecular weight is 569 g/mol. The van der Waals surface area contributed by atoms with Crippen molar-refractivity contribution < 1.29 is 19.4 Å². The van der Waals surface area contributed by atoms with Crippen molar-refractivity contribution in [2.75, 3.05) is 38.0 Å².